The molecule has 2 aliphatic carbocycles. The van der Waals surface area contributed by atoms with Crippen LogP contribution in [0.4, 0.5) is 15.9 Å². The summed E-state index contributed by atoms with van der Waals surface area (Å²) in [6.07, 6.45) is 9.60. The van der Waals surface area contributed by atoms with Gasteiger partial charge in [-0.1, -0.05) is 6.42 Å². The molecule has 3 aliphatic rings. The van der Waals surface area contributed by atoms with Crippen molar-refractivity contribution in [2.24, 2.45) is 17.1 Å². The molecule has 0 bridgehead atoms. The number of hydrogen-bond acceptors (Lipinski definition) is 6. The van der Waals surface area contributed by atoms with Crippen molar-refractivity contribution in [2.75, 3.05) is 18.4 Å². The van der Waals surface area contributed by atoms with E-state index in [1.54, 1.807) is 16.9 Å². The van der Waals surface area contributed by atoms with Gasteiger partial charge in [0, 0.05) is 43.3 Å². The maximum absolute atomic E-state index is 13.4. The zero-order valence-electron chi connectivity index (χ0n) is 17.3. The zero-order chi connectivity index (χ0) is 21.6. The van der Waals surface area contributed by atoms with Crippen molar-refractivity contribution in [1.29, 1.82) is 5.26 Å². The molecular weight excluding hydrogens is 397 g/mol. The number of halogens is 1. The topological polar surface area (TPSA) is 113 Å². The highest BCUT2D eigenvalue weighted by atomic mass is 19.1. The van der Waals surface area contributed by atoms with Crippen molar-refractivity contribution < 1.29 is 9.18 Å². The van der Waals surface area contributed by atoms with Gasteiger partial charge in [-0.05, 0) is 43.6 Å². The third kappa shape index (κ3) is 3.65. The van der Waals surface area contributed by atoms with Crippen LogP contribution in [0.15, 0.2) is 24.5 Å². The summed E-state index contributed by atoms with van der Waals surface area (Å²) in [5.74, 6) is -1.20. The molecule has 9 heteroatoms. The smallest absolute Gasteiger partial charge is 0.254 e. The van der Waals surface area contributed by atoms with E-state index in [0.29, 0.717) is 17.1 Å². The lowest BCUT2D eigenvalue weighted by atomic mass is 9.62. The Hall–Kier alpha value is -2.99. The largest absolute Gasteiger partial charge is 0.365 e. The summed E-state index contributed by atoms with van der Waals surface area (Å²) >= 11 is 0. The van der Waals surface area contributed by atoms with E-state index in [1.165, 1.54) is 44.6 Å². The first kappa shape index (κ1) is 19.9. The van der Waals surface area contributed by atoms with Gasteiger partial charge in [-0.2, -0.15) is 14.8 Å². The van der Waals surface area contributed by atoms with Gasteiger partial charge in [0.15, 0.2) is 5.82 Å². The second-order valence-electron chi connectivity index (χ2n) is 9.26. The molecule has 8 nitrogen and oxygen atoms in total. The molecule has 2 aromatic rings. The minimum atomic E-state index is -0.636. The number of nitrogens with two attached hydrogens (primary N) is 1. The molecule has 2 saturated carbocycles. The van der Waals surface area contributed by atoms with E-state index in [9.17, 15) is 14.4 Å². The predicted octanol–water partition coefficient (Wildman–Crippen LogP) is 2.98. The number of aromatic nitrogens is 3. The number of likely N-dealkylation sites (tertiary alicyclic amines) is 1. The molecule has 31 heavy (non-hydrogen) atoms. The Bertz CT molecular complexity index is 1030. The number of primary amides is 1. The van der Waals surface area contributed by atoms with Crippen LogP contribution in [-0.2, 0) is 0 Å². The van der Waals surface area contributed by atoms with Crippen LogP contribution < -0.4 is 11.1 Å². The Labute approximate surface area is 180 Å². The van der Waals surface area contributed by atoms with Crippen LogP contribution in [0.5, 0.6) is 0 Å². The predicted molar refractivity (Wildman–Crippen MR) is 112 cm³/mol. The summed E-state index contributed by atoms with van der Waals surface area (Å²) in [5, 5.41) is 17.3. The highest BCUT2D eigenvalue weighted by molar-refractivity contribution is 5.98. The van der Waals surface area contributed by atoms with Crippen molar-refractivity contribution in [3.63, 3.8) is 0 Å². The molecule has 0 radical (unpaired) electrons. The first-order chi connectivity index (χ1) is 15.0. The molecule has 3 fully saturated rings. The highest BCUT2D eigenvalue weighted by Crippen LogP contribution is 2.50. The lowest BCUT2D eigenvalue weighted by molar-refractivity contribution is -0.0941. The molecular formula is C22H26FN7O. The molecule has 1 aliphatic heterocycles. The van der Waals surface area contributed by atoms with Crippen LogP contribution in [0, 0.1) is 28.6 Å². The summed E-state index contributed by atoms with van der Waals surface area (Å²) in [6, 6.07) is 5.58. The van der Waals surface area contributed by atoms with E-state index in [1.807, 2.05) is 0 Å². The van der Waals surface area contributed by atoms with Crippen molar-refractivity contribution in [3.05, 3.63) is 36.0 Å². The summed E-state index contributed by atoms with van der Waals surface area (Å²) in [6.45, 7) is 2.34. The SMILES string of the molecule is N#C[C@H]1C[C@H](N2CC3(CCC3)C2)CC[C@@H]1n1cc(C(N)=O)c(Nc2ccnc(F)c2)n1. The number of carbonyl (C=O) groups is 1. The van der Waals surface area contributed by atoms with Crippen molar-refractivity contribution in [3.8, 4) is 6.07 Å². The lowest BCUT2D eigenvalue weighted by Crippen LogP contribution is -2.63. The number of rotatable bonds is 5. The van der Waals surface area contributed by atoms with Crippen molar-refractivity contribution in [1.82, 2.24) is 19.7 Å². The third-order valence-electron chi connectivity index (χ3n) is 7.29. The minimum Gasteiger partial charge on any atom is -0.365 e. The summed E-state index contributed by atoms with van der Waals surface area (Å²) in [5.41, 5.74) is 6.76. The van der Waals surface area contributed by atoms with Gasteiger partial charge in [-0.25, -0.2) is 4.98 Å². The van der Waals surface area contributed by atoms with Crippen LogP contribution in [0.25, 0.3) is 0 Å². The zero-order valence-corrected chi connectivity index (χ0v) is 17.3. The summed E-state index contributed by atoms with van der Waals surface area (Å²) in [4.78, 5) is 18.0. The Kier molecular flexibility index (Phi) is 4.89. The highest BCUT2D eigenvalue weighted by Gasteiger charge is 2.50. The van der Waals surface area contributed by atoms with Crippen LogP contribution >= 0.6 is 0 Å². The maximum atomic E-state index is 13.4. The molecule has 1 amide bonds. The molecule has 3 N–H and O–H groups in total. The fourth-order valence-electron chi connectivity index (χ4n) is 5.44. The number of carbonyl (C=O) groups excluding carboxylic acids is 1. The van der Waals surface area contributed by atoms with Crippen LogP contribution in [0.2, 0.25) is 0 Å². The molecule has 3 atom stereocenters. The molecule has 2 aromatic heterocycles. The lowest BCUT2D eigenvalue weighted by Gasteiger charge is -2.59. The molecule has 1 saturated heterocycles. The second-order valence-corrected chi connectivity index (χ2v) is 9.26. The minimum absolute atomic E-state index is 0.122. The number of nitrogens with zero attached hydrogens (tertiary/aromatic N) is 5. The van der Waals surface area contributed by atoms with Gasteiger partial charge < -0.3 is 11.1 Å². The average molecular weight is 423 g/mol. The summed E-state index contributed by atoms with van der Waals surface area (Å²) in [7, 11) is 0. The van der Waals surface area contributed by atoms with E-state index >= 15 is 0 Å². The van der Waals surface area contributed by atoms with Gasteiger partial charge in [0.1, 0.15) is 5.56 Å². The molecule has 3 heterocycles. The van der Waals surface area contributed by atoms with Crippen molar-refractivity contribution >= 4 is 17.4 Å². The Morgan fingerprint density at radius 2 is 2.16 bits per heavy atom. The molecule has 162 valence electrons. The second kappa shape index (κ2) is 7.61. The molecule has 0 aromatic carbocycles. The van der Waals surface area contributed by atoms with Crippen LogP contribution in [0.1, 0.15) is 54.9 Å². The monoisotopic (exact) mass is 423 g/mol. The number of hydrogen-bond donors (Lipinski definition) is 2. The molecule has 0 unspecified atom stereocenters. The number of anilines is 2. The van der Waals surface area contributed by atoms with E-state index in [0.717, 1.165) is 19.3 Å². The maximum Gasteiger partial charge on any atom is 0.254 e. The van der Waals surface area contributed by atoms with Crippen LogP contribution in [-0.4, -0.2) is 44.7 Å². The molecule has 1 spiro atoms. The van der Waals surface area contributed by atoms with Gasteiger partial charge in [-0.15, -0.1) is 0 Å². The Balaban J connectivity index is 1.32. The fourth-order valence-corrected chi connectivity index (χ4v) is 5.44. The van der Waals surface area contributed by atoms with Crippen LogP contribution in [0.3, 0.4) is 0 Å². The Morgan fingerprint density at radius 1 is 1.35 bits per heavy atom. The van der Waals surface area contributed by atoms with Gasteiger partial charge in [0.05, 0.1) is 18.0 Å². The van der Waals surface area contributed by atoms with Crippen molar-refractivity contribution in [2.45, 2.75) is 50.6 Å². The standard InChI is InChI=1S/C22H26FN7O/c23-19-9-15(4-7-26-19)27-21-17(20(25)31)11-30(28-21)18-3-2-16(8-14(18)10-24)29-12-22(13-29)5-1-6-22/h4,7,9,11,14,16,18H,1-3,5-6,8,12-13H2,(H2,25,31)(H,26,27,28)/t14-,16-,18+/m1/s1. The van der Waals surface area contributed by atoms with Gasteiger partial charge in [0.25, 0.3) is 5.91 Å². The van der Waals surface area contributed by atoms with E-state index < -0.39 is 11.9 Å². The average Bonchev–Trinajstić information content (AvgIpc) is 3.09. The van der Waals surface area contributed by atoms with Gasteiger partial charge >= 0.3 is 0 Å². The number of pyridine rings is 1. The number of nitrogens with one attached hydrogen (secondary N) is 1. The fraction of sp³-hybridized carbons (Fsp3) is 0.545. The normalized spacial score (nSPS) is 27.2. The Morgan fingerprint density at radius 3 is 2.81 bits per heavy atom. The number of amides is 1. The first-order valence-corrected chi connectivity index (χ1v) is 10.9. The first-order valence-electron chi connectivity index (χ1n) is 10.9. The van der Waals surface area contributed by atoms with Gasteiger partial charge in [0.2, 0.25) is 5.95 Å². The summed E-state index contributed by atoms with van der Waals surface area (Å²) < 4.78 is 15.1. The van der Waals surface area contributed by atoms with E-state index in [4.69, 9.17) is 5.73 Å². The quantitative estimate of drug-likeness (QED) is 0.715. The van der Waals surface area contributed by atoms with E-state index in [2.05, 4.69) is 26.4 Å². The van der Waals surface area contributed by atoms with E-state index in [-0.39, 0.29) is 23.3 Å². The molecule has 5 rings (SSSR count). The third-order valence-corrected chi connectivity index (χ3v) is 7.29. The van der Waals surface area contributed by atoms with Gasteiger partial charge in [-0.3, -0.25) is 14.4 Å². The number of nitriles is 1.